The summed E-state index contributed by atoms with van der Waals surface area (Å²) in [7, 11) is 0. The molecule has 0 saturated carbocycles. The molecule has 21 heavy (non-hydrogen) atoms. The van der Waals surface area contributed by atoms with Crippen LogP contribution < -0.4 is 4.90 Å². The zero-order valence-electron chi connectivity index (χ0n) is 13.2. The molecule has 0 aliphatic carbocycles. The van der Waals surface area contributed by atoms with E-state index in [0.29, 0.717) is 32.0 Å². The summed E-state index contributed by atoms with van der Waals surface area (Å²) in [4.78, 5) is 2.11. The molecule has 1 aromatic carbocycles. The Balaban J connectivity index is 2.77. The maximum Gasteiger partial charge on any atom is 0.123 e. The first-order valence-electron chi connectivity index (χ1n) is 7.51. The minimum atomic E-state index is -0.681. The predicted octanol–water partition coefficient (Wildman–Crippen LogP) is 2.32. The molecule has 0 bridgehead atoms. The number of anilines is 1. The van der Waals surface area contributed by atoms with Crippen LogP contribution in [0.25, 0.3) is 0 Å². The van der Waals surface area contributed by atoms with Gasteiger partial charge >= 0.3 is 0 Å². The van der Waals surface area contributed by atoms with Crippen molar-refractivity contribution in [3.8, 4) is 5.75 Å². The molecule has 0 aliphatic heterocycles. The molecule has 1 aromatic rings. The van der Waals surface area contributed by atoms with Gasteiger partial charge in [-0.15, -0.1) is 0 Å². The molecule has 0 aliphatic rings. The first-order chi connectivity index (χ1) is 10.1. The standard InChI is InChI=1S/C16H27NO4/c1-4-20-10-8-17(9-11-21-5-2)14-6-7-15(13(3)18)16(19)12-14/h6-7,12-13,18-19H,4-5,8-11H2,1-3H3. The zero-order chi connectivity index (χ0) is 15.7. The van der Waals surface area contributed by atoms with Crippen LogP contribution in [0, 0.1) is 0 Å². The van der Waals surface area contributed by atoms with E-state index in [0.717, 1.165) is 18.8 Å². The van der Waals surface area contributed by atoms with Crippen molar-refractivity contribution >= 4 is 5.69 Å². The van der Waals surface area contributed by atoms with Gasteiger partial charge in [0.15, 0.2) is 0 Å². The van der Waals surface area contributed by atoms with Gasteiger partial charge in [-0.1, -0.05) is 6.07 Å². The number of ether oxygens (including phenoxy) is 2. The zero-order valence-corrected chi connectivity index (χ0v) is 13.2. The summed E-state index contributed by atoms with van der Waals surface area (Å²) in [5, 5.41) is 19.6. The van der Waals surface area contributed by atoms with Gasteiger partial charge in [-0.2, -0.15) is 0 Å². The monoisotopic (exact) mass is 297 g/mol. The van der Waals surface area contributed by atoms with Crippen molar-refractivity contribution in [2.24, 2.45) is 0 Å². The molecule has 5 nitrogen and oxygen atoms in total. The van der Waals surface area contributed by atoms with Crippen molar-refractivity contribution in [1.29, 1.82) is 0 Å². The van der Waals surface area contributed by atoms with Crippen LogP contribution in [0.15, 0.2) is 18.2 Å². The maximum absolute atomic E-state index is 10.0. The minimum Gasteiger partial charge on any atom is -0.507 e. The lowest BCUT2D eigenvalue weighted by atomic mass is 10.1. The Bertz CT molecular complexity index is 399. The lowest BCUT2D eigenvalue weighted by Gasteiger charge is -2.25. The van der Waals surface area contributed by atoms with Gasteiger partial charge < -0.3 is 24.6 Å². The Kier molecular flexibility index (Phi) is 8.12. The molecule has 5 heteroatoms. The summed E-state index contributed by atoms with van der Waals surface area (Å²) < 4.78 is 10.8. The SMILES string of the molecule is CCOCCN(CCOCC)c1ccc(C(C)O)c(O)c1. The normalized spacial score (nSPS) is 12.4. The summed E-state index contributed by atoms with van der Waals surface area (Å²) in [6.07, 6.45) is -0.681. The topological polar surface area (TPSA) is 62.2 Å². The second-order valence-corrected chi connectivity index (χ2v) is 4.80. The average Bonchev–Trinajstić information content (AvgIpc) is 2.45. The highest BCUT2D eigenvalue weighted by atomic mass is 16.5. The summed E-state index contributed by atoms with van der Waals surface area (Å²) in [6, 6.07) is 5.34. The molecule has 0 fully saturated rings. The van der Waals surface area contributed by atoms with Crippen LogP contribution in [-0.2, 0) is 9.47 Å². The van der Waals surface area contributed by atoms with E-state index in [1.165, 1.54) is 0 Å². The number of benzene rings is 1. The van der Waals surface area contributed by atoms with E-state index in [2.05, 4.69) is 4.90 Å². The van der Waals surface area contributed by atoms with Gasteiger partial charge in [0, 0.05) is 43.6 Å². The maximum atomic E-state index is 10.0. The number of aliphatic hydroxyl groups excluding tert-OH is 1. The van der Waals surface area contributed by atoms with E-state index in [1.807, 2.05) is 19.9 Å². The van der Waals surface area contributed by atoms with Crippen LogP contribution >= 0.6 is 0 Å². The Hall–Kier alpha value is -1.30. The highest BCUT2D eigenvalue weighted by Gasteiger charge is 2.12. The van der Waals surface area contributed by atoms with Crippen molar-refractivity contribution in [2.75, 3.05) is 44.4 Å². The van der Waals surface area contributed by atoms with Crippen LogP contribution in [0.2, 0.25) is 0 Å². The van der Waals surface area contributed by atoms with Gasteiger partial charge in [0.25, 0.3) is 0 Å². The van der Waals surface area contributed by atoms with Gasteiger partial charge in [-0.25, -0.2) is 0 Å². The fourth-order valence-corrected chi connectivity index (χ4v) is 2.09. The third kappa shape index (κ3) is 5.91. The fraction of sp³-hybridized carbons (Fsp3) is 0.625. The molecular formula is C16H27NO4. The minimum absolute atomic E-state index is 0.111. The van der Waals surface area contributed by atoms with Gasteiger partial charge in [0.05, 0.1) is 19.3 Å². The number of phenolic OH excluding ortho intramolecular Hbond substituents is 1. The van der Waals surface area contributed by atoms with E-state index in [4.69, 9.17) is 9.47 Å². The van der Waals surface area contributed by atoms with Crippen LogP contribution in [0.5, 0.6) is 5.75 Å². The number of rotatable bonds is 10. The van der Waals surface area contributed by atoms with Gasteiger partial charge in [-0.3, -0.25) is 0 Å². The third-order valence-electron chi connectivity index (χ3n) is 3.25. The highest BCUT2D eigenvalue weighted by molar-refractivity contribution is 5.53. The number of aliphatic hydroxyl groups is 1. The lowest BCUT2D eigenvalue weighted by Crippen LogP contribution is -2.31. The second-order valence-electron chi connectivity index (χ2n) is 4.80. The smallest absolute Gasteiger partial charge is 0.123 e. The third-order valence-corrected chi connectivity index (χ3v) is 3.25. The molecular weight excluding hydrogens is 270 g/mol. The number of nitrogens with zero attached hydrogens (tertiary/aromatic N) is 1. The first-order valence-corrected chi connectivity index (χ1v) is 7.51. The molecule has 1 atom stereocenters. The predicted molar refractivity (Wildman–Crippen MR) is 83.9 cm³/mol. The van der Waals surface area contributed by atoms with Crippen molar-refractivity contribution < 1.29 is 19.7 Å². The second kappa shape index (κ2) is 9.60. The lowest BCUT2D eigenvalue weighted by molar-refractivity contribution is 0.141. The first kappa shape index (κ1) is 17.8. The van der Waals surface area contributed by atoms with Crippen LogP contribution in [0.4, 0.5) is 5.69 Å². The molecule has 0 amide bonds. The quantitative estimate of drug-likeness (QED) is 0.649. The average molecular weight is 297 g/mol. The van der Waals surface area contributed by atoms with Crippen LogP contribution in [0.1, 0.15) is 32.4 Å². The van der Waals surface area contributed by atoms with E-state index in [9.17, 15) is 10.2 Å². The molecule has 1 unspecified atom stereocenters. The molecule has 0 saturated heterocycles. The number of aromatic hydroxyl groups is 1. The van der Waals surface area contributed by atoms with Gasteiger partial charge in [0.1, 0.15) is 5.75 Å². The summed E-state index contributed by atoms with van der Waals surface area (Å²) in [5.74, 6) is 0.111. The van der Waals surface area contributed by atoms with Crippen LogP contribution in [0.3, 0.4) is 0 Å². The largest absolute Gasteiger partial charge is 0.507 e. The molecule has 1 rings (SSSR count). The molecule has 2 N–H and O–H groups in total. The molecule has 0 radical (unpaired) electrons. The van der Waals surface area contributed by atoms with Crippen molar-refractivity contribution in [3.63, 3.8) is 0 Å². The van der Waals surface area contributed by atoms with Crippen molar-refractivity contribution in [1.82, 2.24) is 0 Å². The summed E-state index contributed by atoms with van der Waals surface area (Å²) in [5.41, 5.74) is 1.43. The Morgan fingerprint density at radius 3 is 2.10 bits per heavy atom. The van der Waals surface area contributed by atoms with E-state index in [1.54, 1.807) is 19.1 Å². The van der Waals surface area contributed by atoms with Crippen molar-refractivity contribution in [3.05, 3.63) is 23.8 Å². The molecule has 0 spiro atoms. The molecule has 120 valence electrons. The van der Waals surface area contributed by atoms with Crippen molar-refractivity contribution in [2.45, 2.75) is 26.9 Å². The molecule has 0 heterocycles. The van der Waals surface area contributed by atoms with Gasteiger partial charge in [0.2, 0.25) is 0 Å². The van der Waals surface area contributed by atoms with E-state index in [-0.39, 0.29) is 5.75 Å². The highest BCUT2D eigenvalue weighted by Crippen LogP contribution is 2.28. The fourth-order valence-electron chi connectivity index (χ4n) is 2.09. The summed E-state index contributed by atoms with van der Waals surface area (Å²) >= 11 is 0. The number of phenols is 1. The van der Waals surface area contributed by atoms with E-state index >= 15 is 0 Å². The Labute approximate surface area is 127 Å². The van der Waals surface area contributed by atoms with E-state index < -0.39 is 6.10 Å². The number of hydrogen-bond acceptors (Lipinski definition) is 5. The number of hydrogen-bond donors (Lipinski definition) is 2. The molecule has 0 aromatic heterocycles. The van der Waals surface area contributed by atoms with Crippen LogP contribution in [-0.4, -0.2) is 49.7 Å². The Morgan fingerprint density at radius 2 is 1.67 bits per heavy atom. The summed E-state index contributed by atoms with van der Waals surface area (Å²) in [6.45, 7) is 9.65. The van der Waals surface area contributed by atoms with Gasteiger partial charge in [-0.05, 0) is 26.8 Å². The Morgan fingerprint density at radius 1 is 1.10 bits per heavy atom.